The Kier molecular flexibility index (Phi) is 4.51. The summed E-state index contributed by atoms with van der Waals surface area (Å²) in [7, 11) is 0. The van der Waals surface area contributed by atoms with Crippen LogP contribution in [0.15, 0.2) is 48.5 Å². The zero-order chi connectivity index (χ0) is 15.2. The summed E-state index contributed by atoms with van der Waals surface area (Å²) in [5.41, 5.74) is 2.46. The van der Waals surface area contributed by atoms with Gasteiger partial charge in [0.15, 0.2) is 6.29 Å². The Morgan fingerprint density at radius 1 is 1.19 bits per heavy atom. The lowest BCUT2D eigenvalue weighted by Gasteiger charge is -2.04. The molecule has 0 bridgehead atoms. The highest BCUT2D eigenvalue weighted by molar-refractivity contribution is 6.04. The van der Waals surface area contributed by atoms with Gasteiger partial charge in [0.25, 0.3) is 0 Å². The lowest BCUT2D eigenvalue weighted by molar-refractivity contribution is -0.111. The molecule has 1 amide bonds. The molecule has 4 nitrogen and oxygen atoms in total. The first-order chi connectivity index (χ1) is 10.1. The quantitative estimate of drug-likeness (QED) is 0.668. The van der Waals surface area contributed by atoms with E-state index in [2.05, 4.69) is 5.32 Å². The van der Waals surface area contributed by atoms with Crippen molar-refractivity contribution in [1.82, 2.24) is 0 Å². The molecular weight excluding hydrogens is 266 g/mol. The minimum atomic E-state index is -0.324. The monoisotopic (exact) mass is 281 g/mol. The average molecular weight is 281 g/mol. The summed E-state index contributed by atoms with van der Waals surface area (Å²) in [4.78, 5) is 22.7. The summed E-state index contributed by atoms with van der Waals surface area (Å²) in [5, 5.41) is 12.1. The fourth-order valence-electron chi connectivity index (χ4n) is 1.84. The van der Waals surface area contributed by atoms with E-state index in [1.165, 1.54) is 6.08 Å². The molecule has 0 saturated carbocycles. The van der Waals surface area contributed by atoms with Crippen LogP contribution in [0.4, 0.5) is 5.69 Å². The number of phenols is 1. The number of phenolic OH excluding ortho intramolecular Hbond substituents is 1. The van der Waals surface area contributed by atoms with Crippen LogP contribution < -0.4 is 5.32 Å². The Morgan fingerprint density at radius 3 is 2.67 bits per heavy atom. The van der Waals surface area contributed by atoms with E-state index >= 15 is 0 Å². The first kappa shape index (κ1) is 14.5. The third kappa shape index (κ3) is 3.79. The van der Waals surface area contributed by atoms with Gasteiger partial charge in [-0.05, 0) is 48.4 Å². The second kappa shape index (κ2) is 6.52. The summed E-state index contributed by atoms with van der Waals surface area (Å²) in [6.45, 7) is 1.78. The van der Waals surface area contributed by atoms with Crippen molar-refractivity contribution in [2.45, 2.75) is 6.92 Å². The topological polar surface area (TPSA) is 66.4 Å². The fraction of sp³-hybridized carbons (Fsp3) is 0.0588. The second-order valence-corrected chi connectivity index (χ2v) is 4.57. The Bertz CT molecular complexity index is 705. The van der Waals surface area contributed by atoms with Crippen LogP contribution in [0.1, 0.15) is 21.5 Å². The van der Waals surface area contributed by atoms with Crippen molar-refractivity contribution in [3.8, 4) is 5.75 Å². The molecular formula is C17H15NO3. The second-order valence-electron chi connectivity index (χ2n) is 4.57. The van der Waals surface area contributed by atoms with Crippen LogP contribution in [0.25, 0.3) is 6.08 Å². The van der Waals surface area contributed by atoms with Gasteiger partial charge in [0.2, 0.25) is 5.91 Å². The molecule has 2 aromatic carbocycles. The zero-order valence-corrected chi connectivity index (χ0v) is 11.5. The molecule has 0 aliphatic carbocycles. The number of hydrogen-bond acceptors (Lipinski definition) is 3. The Morgan fingerprint density at radius 2 is 1.95 bits per heavy atom. The van der Waals surface area contributed by atoms with Crippen LogP contribution >= 0.6 is 0 Å². The summed E-state index contributed by atoms with van der Waals surface area (Å²) in [6, 6.07) is 11.8. The van der Waals surface area contributed by atoms with Crippen molar-refractivity contribution >= 4 is 24.0 Å². The van der Waals surface area contributed by atoms with Crippen molar-refractivity contribution in [3.63, 3.8) is 0 Å². The number of hydrogen-bond donors (Lipinski definition) is 2. The first-order valence-electron chi connectivity index (χ1n) is 6.43. The maximum Gasteiger partial charge on any atom is 0.248 e. The molecule has 0 saturated heterocycles. The number of carbonyl (C=O) groups is 2. The van der Waals surface area contributed by atoms with Crippen molar-refractivity contribution in [2.24, 2.45) is 0 Å². The van der Waals surface area contributed by atoms with E-state index in [9.17, 15) is 14.7 Å². The van der Waals surface area contributed by atoms with Gasteiger partial charge in [-0.25, -0.2) is 0 Å². The normalized spacial score (nSPS) is 10.5. The largest absolute Gasteiger partial charge is 0.508 e. The lowest BCUT2D eigenvalue weighted by atomic mass is 10.1. The minimum Gasteiger partial charge on any atom is -0.508 e. The van der Waals surface area contributed by atoms with Gasteiger partial charge in [-0.2, -0.15) is 0 Å². The highest BCUT2D eigenvalue weighted by atomic mass is 16.3. The van der Waals surface area contributed by atoms with Gasteiger partial charge in [-0.15, -0.1) is 0 Å². The molecule has 106 valence electrons. The van der Waals surface area contributed by atoms with Crippen LogP contribution in [-0.4, -0.2) is 17.3 Å². The lowest BCUT2D eigenvalue weighted by Crippen LogP contribution is -2.09. The van der Waals surface area contributed by atoms with Crippen LogP contribution in [0, 0.1) is 6.92 Å². The van der Waals surface area contributed by atoms with Crippen LogP contribution in [0.3, 0.4) is 0 Å². The summed E-state index contributed by atoms with van der Waals surface area (Å²) in [6.07, 6.45) is 3.72. The average Bonchev–Trinajstić information content (AvgIpc) is 2.49. The molecule has 4 heteroatoms. The Labute approximate surface area is 122 Å². The van der Waals surface area contributed by atoms with E-state index < -0.39 is 0 Å². The van der Waals surface area contributed by atoms with E-state index in [4.69, 9.17) is 0 Å². The molecule has 0 radical (unpaired) electrons. The van der Waals surface area contributed by atoms with Crippen molar-refractivity contribution in [3.05, 3.63) is 65.2 Å². The number of nitrogens with one attached hydrogen (secondary N) is 1. The van der Waals surface area contributed by atoms with Crippen molar-refractivity contribution < 1.29 is 14.7 Å². The summed E-state index contributed by atoms with van der Waals surface area (Å²) in [5.74, 6) is -0.105. The fourth-order valence-corrected chi connectivity index (χ4v) is 1.84. The van der Waals surface area contributed by atoms with Gasteiger partial charge in [-0.1, -0.05) is 18.2 Å². The summed E-state index contributed by atoms with van der Waals surface area (Å²) >= 11 is 0. The number of rotatable bonds is 4. The van der Waals surface area contributed by atoms with Gasteiger partial charge in [0.1, 0.15) is 5.75 Å². The van der Waals surface area contributed by atoms with E-state index in [1.54, 1.807) is 55.5 Å². The molecule has 2 rings (SSSR count). The molecule has 0 heterocycles. The van der Waals surface area contributed by atoms with Gasteiger partial charge >= 0.3 is 0 Å². The van der Waals surface area contributed by atoms with Gasteiger partial charge < -0.3 is 10.4 Å². The van der Waals surface area contributed by atoms with Crippen molar-refractivity contribution in [1.29, 1.82) is 0 Å². The molecule has 2 N–H and O–H groups in total. The number of benzene rings is 2. The molecule has 0 aliphatic rings. The molecule has 0 spiro atoms. The Hall–Kier alpha value is -2.88. The van der Waals surface area contributed by atoms with Crippen molar-refractivity contribution in [2.75, 3.05) is 5.32 Å². The SMILES string of the molecule is Cc1cc(/C=C/C(=O)Nc2ccccc2C=O)ccc1O. The predicted molar refractivity (Wildman–Crippen MR) is 82.3 cm³/mol. The third-order valence-electron chi connectivity index (χ3n) is 2.99. The highest BCUT2D eigenvalue weighted by Crippen LogP contribution is 2.18. The van der Waals surface area contributed by atoms with Gasteiger partial charge in [-0.3, -0.25) is 9.59 Å². The number of aldehydes is 1. The van der Waals surface area contributed by atoms with Crippen LogP contribution in [0.5, 0.6) is 5.75 Å². The number of carbonyl (C=O) groups excluding carboxylic acids is 2. The maximum atomic E-state index is 11.8. The minimum absolute atomic E-state index is 0.219. The molecule has 0 fully saturated rings. The molecule has 0 aromatic heterocycles. The molecule has 0 unspecified atom stereocenters. The number of aryl methyl sites for hydroxylation is 1. The molecule has 0 aliphatic heterocycles. The predicted octanol–water partition coefficient (Wildman–Crippen LogP) is 3.17. The molecule has 21 heavy (non-hydrogen) atoms. The van der Waals surface area contributed by atoms with Crippen LogP contribution in [-0.2, 0) is 4.79 Å². The van der Waals surface area contributed by atoms with Gasteiger partial charge in [0, 0.05) is 11.6 Å². The number of para-hydroxylation sites is 1. The highest BCUT2D eigenvalue weighted by Gasteiger charge is 2.03. The zero-order valence-electron chi connectivity index (χ0n) is 11.5. The number of amides is 1. The van der Waals surface area contributed by atoms with Crippen LogP contribution in [0.2, 0.25) is 0 Å². The third-order valence-corrected chi connectivity index (χ3v) is 2.99. The van der Waals surface area contributed by atoms with E-state index in [1.807, 2.05) is 0 Å². The van der Waals surface area contributed by atoms with E-state index in [-0.39, 0.29) is 11.7 Å². The van der Waals surface area contributed by atoms with E-state index in [0.717, 1.165) is 11.1 Å². The standard InChI is InChI=1S/C17H15NO3/c1-12-10-13(6-8-16(12)20)7-9-17(21)18-15-5-3-2-4-14(15)11-19/h2-11,20H,1H3,(H,18,21)/b9-7+. The van der Waals surface area contributed by atoms with E-state index in [0.29, 0.717) is 17.5 Å². The summed E-state index contributed by atoms with van der Waals surface area (Å²) < 4.78 is 0. The first-order valence-corrected chi connectivity index (χ1v) is 6.43. The Balaban J connectivity index is 2.09. The molecule has 0 atom stereocenters. The number of aromatic hydroxyl groups is 1. The van der Waals surface area contributed by atoms with Gasteiger partial charge in [0.05, 0.1) is 5.69 Å². The number of anilines is 1. The molecule has 2 aromatic rings. The smallest absolute Gasteiger partial charge is 0.248 e. The maximum absolute atomic E-state index is 11.8.